The molecule has 98 heavy (non-hydrogen) atoms. The number of allylic oxidation sites excluding steroid dienone is 44. The summed E-state index contributed by atoms with van der Waals surface area (Å²) in [7, 11) is 1.39. The van der Waals surface area contributed by atoms with Crippen LogP contribution < -0.4 is 0 Å². The normalized spacial score (nSPS) is 14.6. The topological polar surface area (TPSA) is 108 Å². The van der Waals surface area contributed by atoms with Crippen molar-refractivity contribution in [3.63, 3.8) is 0 Å². The van der Waals surface area contributed by atoms with E-state index in [-0.39, 0.29) is 26.1 Å². The van der Waals surface area contributed by atoms with Gasteiger partial charge in [0.15, 0.2) is 6.10 Å². The van der Waals surface area contributed by atoms with Gasteiger partial charge in [0.25, 0.3) is 0 Å². The van der Waals surface area contributed by atoms with Gasteiger partial charge in [-0.15, -0.1) is 0 Å². The lowest BCUT2D eigenvalue weighted by Crippen LogP contribution is -2.37. The van der Waals surface area contributed by atoms with Crippen molar-refractivity contribution in [2.45, 2.75) is 225 Å². The largest absolute Gasteiger partial charge is 0.472 e. The maximum atomic E-state index is 12.9. The molecule has 1 N–H and O–H groups in total. The van der Waals surface area contributed by atoms with E-state index in [2.05, 4.69) is 281 Å². The van der Waals surface area contributed by atoms with Crippen LogP contribution in [0.3, 0.4) is 0 Å². The standard InChI is InChI=1S/C88H132NO8P/c1-6-8-10-12-14-16-18-20-22-24-26-28-30-32-34-36-38-40-41-42-43-44-45-46-47-49-51-53-55-57-59-61-63-65-67-69-71-73-75-77-79-81-88(91)97-86(85-96-98(92,93)95-83-82-89(3,4)5)84-94-87(90)80-78-76-74-72-70-68-66-64-62-60-58-56-54-52-50-48-39-37-35-33-31-29-27-25-23-21-19-17-15-13-11-9-7-2/h8-11,14-17,20-23,26-29,32-35,38-40,42-43,45-46,48-49,51-52,54-55,57-58,60-61,63-64,66-67,69-70,72,86H,6-7,12-13,18-19,24-25,30-31,36-37,41,44,47,50,53,56,59,62,65,68,71,73-85H2,1-5H3/p+1/b10-8-,11-9-,16-14-,17-15-,22-20-,23-21-,28-26-,29-27-,34-32-,35-33-,40-38-,43-42-,46-45-,48-39-,51-49-,54-52-,57-55-,60-58-,63-61-,66-64-,69-67-,72-70-. The van der Waals surface area contributed by atoms with E-state index in [1.165, 1.54) is 0 Å². The molecular weight excluding hydrogens is 1230 g/mol. The molecule has 0 heterocycles. The van der Waals surface area contributed by atoms with Crippen LogP contribution in [0.5, 0.6) is 0 Å². The smallest absolute Gasteiger partial charge is 0.462 e. The Morgan fingerprint density at radius 1 is 0.316 bits per heavy atom. The number of hydrogen-bond donors (Lipinski definition) is 1. The summed E-state index contributed by atoms with van der Waals surface area (Å²) in [6.45, 7) is 4.08. The zero-order valence-electron chi connectivity index (χ0n) is 61.6. The summed E-state index contributed by atoms with van der Waals surface area (Å²) in [6, 6.07) is 0. The third-order valence-corrected chi connectivity index (χ3v) is 15.2. The quantitative estimate of drug-likeness (QED) is 0.0211. The van der Waals surface area contributed by atoms with Gasteiger partial charge in [-0.25, -0.2) is 4.57 Å². The van der Waals surface area contributed by atoms with Crippen LogP contribution in [-0.4, -0.2) is 74.9 Å². The van der Waals surface area contributed by atoms with Crippen molar-refractivity contribution in [3.8, 4) is 0 Å². The Kier molecular flexibility index (Phi) is 69.4. The van der Waals surface area contributed by atoms with Gasteiger partial charge in [-0.2, -0.15) is 0 Å². The van der Waals surface area contributed by atoms with Crippen molar-refractivity contribution >= 4 is 19.8 Å². The number of rotatable bonds is 64. The number of phosphoric ester groups is 1. The van der Waals surface area contributed by atoms with Gasteiger partial charge < -0.3 is 18.9 Å². The molecule has 0 radical (unpaired) electrons. The third kappa shape index (κ3) is 78.3. The molecule has 0 rings (SSSR count). The number of nitrogens with zero attached hydrogens (tertiary/aromatic N) is 1. The molecule has 0 amide bonds. The van der Waals surface area contributed by atoms with E-state index in [9.17, 15) is 19.0 Å². The predicted octanol–water partition coefficient (Wildman–Crippen LogP) is 25.0. The maximum absolute atomic E-state index is 12.9. The third-order valence-electron chi connectivity index (χ3n) is 14.3. The average molecular weight is 1360 g/mol. The highest BCUT2D eigenvalue weighted by molar-refractivity contribution is 7.47. The molecule has 542 valence electrons. The molecular formula is C88H133NO8P+. The lowest BCUT2D eigenvalue weighted by Gasteiger charge is -2.24. The first-order valence-electron chi connectivity index (χ1n) is 37.1. The second kappa shape index (κ2) is 74.5. The minimum Gasteiger partial charge on any atom is -0.462 e. The van der Waals surface area contributed by atoms with Gasteiger partial charge in [-0.3, -0.25) is 18.6 Å². The summed E-state index contributed by atoms with van der Waals surface area (Å²) in [4.78, 5) is 35.9. The first-order chi connectivity index (χ1) is 48.0. The first kappa shape index (κ1) is 91.3. The molecule has 0 saturated heterocycles. The number of hydrogen-bond acceptors (Lipinski definition) is 7. The molecule has 0 aromatic carbocycles. The minimum absolute atomic E-state index is 0.00306. The molecule has 0 saturated carbocycles. The molecule has 0 aliphatic heterocycles. The molecule has 0 aromatic heterocycles. The molecule has 0 spiro atoms. The van der Waals surface area contributed by atoms with E-state index in [1.54, 1.807) is 0 Å². The number of likely N-dealkylation sites (N-methyl/N-ethyl adjacent to an activating group) is 1. The van der Waals surface area contributed by atoms with E-state index in [4.69, 9.17) is 18.5 Å². The van der Waals surface area contributed by atoms with Crippen LogP contribution in [0, 0.1) is 0 Å². The highest BCUT2D eigenvalue weighted by Gasteiger charge is 2.27. The lowest BCUT2D eigenvalue weighted by atomic mass is 10.1. The fraction of sp³-hybridized carbons (Fsp3) is 0.477. The lowest BCUT2D eigenvalue weighted by molar-refractivity contribution is -0.870. The van der Waals surface area contributed by atoms with E-state index in [0.29, 0.717) is 23.9 Å². The van der Waals surface area contributed by atoms with Crippen molar-refractivity contribution in [1.82, 2.24) is 0 Å². The number of carbonyl (C=O) groups is 2. The minimum atomic E-state index is -4.43. The Hall–Kier alpha value is -6.71. The van der Waals surface area contributed by atoms with Gasteiger partial charge in [-0.05, 0) is 180 Å². The highest BCUT2D eigenvalue weighted by atomic mass is 31.2. The fourth-order valence-electron chi connectivity index (χ4n) is 8.67. The first-order valence-corrected chi connectivity index (χ1v) is 38.6. The van der Waals surface area contributed by atoms with Gasteiger partial charge in [0.2, 0.25) is 0 Å². The van der Waals surface area contributed by atoms with E-state index < -0.39 is 32.5 Å². The molecule has 10 heteroatoms. The van der Waals surface area contributed by atoms with Crippen molar-refractivity contribution in [1.29, 1.82) is 0 Å². The van der Waals surface area contributed by atoms with Gasteiger partial charge in [0, 0.05) is 12.8 Å². The van der Waals surface area contributed by atoms with Crippen LogP contribution in [-0.2, 0) is 32.7 Å². The van der Waals surface area contributed by atoms with Crippen molar-refractivity contribution in [2.75, 3.05) is 47.5 Å². The average Bonchev–Trinajstić information content (AvgIpc) is 1.08. The van der Waals surface area contributed by atoms with Gasteiger partial charge in [0.1, 0.15) is 19.8 Å². The van der Waals surface area contributed by atoms with Crippen LogP contribution in [0.1, 0.15) is 219 Å². The Morgan fingerprint density at radius 2 is 0.551 bits per heavy atom. The summed E-state index contributed by atoms with van der Waals surface area (Å²) >= 11 is 0. The summed E-state index contributed by atoms with van der Waals surface area (Å²) in [6.07, 6.45) is 125. The zero-order chi connectivity index (χ0) is 71.1. The monoisotopic (exact) mass is 1360 g/mol. The number of quaternary nitrogens is 1. The SMILES string of the molecule is CC/C=C\C/C=C\C/C=C\C/C=C\C/C=C\C/C=C\C/C=C\C/C=C\C/C=C\C/C=C\C/C=C\C/C=C\CCCCCCC(=O)OC(COC(=O)CCCC/C=C\C/C=C\C/C=C\C/C=C\C/C=C\C/C=C\C/C=C\C/C=C\C/C=C\C/C=C\CC)COP(=O)(O)OCC[N+](C)(C)C. The summed E-state index contributed by atoms with van der Waals surface area (Å²) in [5, 5.41) is 0. The molecule has 0 fully saturated rings. The summed E-state index contributed by atoms with van der Waals surface area (Å²) in [5.74, 6) is -0.903. The molecule has 2 unspecified atom stereocenters. The Labute approximate surface area is 598 Å². The Morgan fingerprint density at radius 3 is 0.827 bits per heavy atom. The second-order valence-corrected chi connectivity index (χ2v) is 26.0. The number of unbranched alkanes of at least 4 members (excludes halogenated alkanes) is 6. The highest BCUT2D eigenvalue weighted by Crippen LogP contribution is 2.43. The Bertz CT molecular complexity index is 2660. The number of phosphoric acid groups is 1. The number of ether oxygens (including phenoxy) is 2. The van der Waals surface area contributed by atoms with E-state index in [1.807, 2.05) is 21.1 Å². The molecule has 0 aliphatic rings. The molecule has 0 bridgehead atoms. The van der Waals surface area contributed by atoms with Crippen LogP contribution in [0.25, 0.3) is 0 Å². The summed E-state index contributed by atoms with van der Waals surface area (Å²) in [5.41, 5.74) is 0. The Balaban J connectivity index is 4.28. The molecule has 2 atom stereocenters. The van der Waals surface area contributed by atoms with Crippen LogP contribution in [0.2, 0.25) is 0 Å². The van der Waals surface area contributed by atoms with Crippen molar-refractivity contribution in [3.05, 3.63) is 267 Å². The van der Waals surface area contributed by atoms with Crippen LogP contribution >= 0.6 is 7.82 Å². The molecule has 0 aromatic rings. The second-order valence-electron chi connectivity index (χ2n) is 24.5. The van der Waals surface area contributed by atoms with Gasteiger partial charge in [-0.1, -0.05) is 294 Å². The number of esters is 2. The van der Waals surface area contributed by atoms with E-state index in [0.717, 1.165) is 180 Å². The van der Waals surface area contributed by atoms with E-state index >= 15 is 0 Å². The van der Waals surface area contributed by atoms with Gasteiger partial charge in [0.05, 0.1) is 27.7 Å². The predicted molar refractivity (Wildman–Crippen MR) is 426 cm³/mol. The number of carbonyl (C=O) groups excluding carboxylic acids is 2. The maximum Gasteiger partial charge on any atom is 0.472 e. The molecule has 9 nitrogen and oxygen atoms in total. The van der Waals surface area contributed by atoms with Gasteiger partial charge >= 0.3 is 19.8 Å². The van der Waals surface area contributed by atoms with Crippen molar-refractivity contribution in [2.24, 2.45) is 0 Å². The fourth-order valence-corrected chi connectivity index (χ4v) is 9.41. The zero-order valence-corrected chi connectivity index (χ0v) is 62.5. The van der Waals surface area contributed by atoms with Crippen molar-refractivity contribution < 1.29 is 42.1 Å². The molecule has 0 aliphatic carbocycles. The summed E-state index contributed by atoms with van der Waals surface area (Å²) < 4.78 is 34.6. The van der Waals surface area contributed by atoms with Crippen LogP contribution in [0.15, 0.2) is 267 Å². The van der Waals surface area contributed by atoms with Crippen LogP contribution in [0.4, 0.5) is 0 Å².